The lowest BCUT2D eigenvalue weighted by atomic mass is 10.2. The predicted octanol–water partition coefficient (Wildman–Crippen LogP) is 3.78. The molecule has 0 aromatic heterocycles. The van der Waals surface area contributed by atoms with Crippen LogP contribution in [-0.2, 0) is 16.1 Å². The van der Waals surface area contributed by atoms with Crippen molar-refractivity contribution in [3.8, 4) is 11.5 Å². The normalized spacial score (nSPS) is 16.8. The van der Waals surface area contributed by atoms with Crippen LogP contribution in [0.5, 0.6) is 11.5 Å². The van der Waals surface area contributed by atoms with Crippen molar-refractivity contribution in [3.63, 3.8) is 0 Å². The maximum atomic E-state index is 5.77. The third-order valence-electron chi connectivity index (χ3n) is 4.37. The fraction of sp³-hybridized carbons (Fsp3) is 0.455. The zero-order valence-corrected chi connectivity index (χ0v) is 15.8. The molecule has 0 radical (unpaired) electrons. The number of rotatable bonds is 11. The van der Waals surface area contributed by atoms with E-state index in [2.05, 4.69) is 17.4 Å². The van der Waals surface area contributed by atoms with Gasteiger partial charge in [-0.2, -0.15) is 0 Å². The molecule has 1 aliphatic heterocycles. The largest absolute Gasteiger partial charge is 0.491 e. The second kappa shape index (κ2) is 11.6. The molecule has 2 aromatic carbocycles. The Hall–Kier alpha value is -2.08. The van der Waals surface area contributed by atoms with Gasteiger partial charge in [0.2, 0.25) is 0 Å². The fourth-order valence-electron chi connectivity index (χ4n) is 2.89. The molecule has 1 atom stereocenters. The van der Waals surface area contributed by atoms with Crippen LogP contribution in [-0.4, -0.2) is 39.2 Å². The van der Waals surface area contributed by atoms with Gasteiger partial charge in [0.25, 0.3) is 0 Å². The van der Waals surface area contributed by atoms with Gasteiger partial charge in [-0.25, -0.2) is 0 Å². The summed E-state index contributed by atoms with van der Waals surface area (Å²) in [5.74, 6) is 1.65. The summed E-state index contributed by atoms with van der Waals surface area (Å²) in [6.07, 6.45) is 3.70. The standard InChI is InChI=1S/C22H29NO4/c1-2-6-19(7-3-1)18-27-21-11-9-20(10-12-21)25-17-16-24-15-13-23-22-8-4-5-14-26-22/h1-3,6-7,9-12,22-23H,4-5,8,13-18H2. The Morgan fingerprint density at radius 2 is 1.63 bits per heavy atom. The lowest BCUT2D eigenvalue weighted by molar-refractivity contribution is -0.0105. The SMILES string of the molecule is c1ccc(COc2ccc(OCCOCCNC3CCCCO3)cc2)cc1. The van der Waals surface area contributed by atoms with E-state index in [1.165, 1.54) is 12.8 Å². The highest BCUT2D eigenvalue weighted by atomic mass is 16.5. The van der Waals surface area contributed by atoms with E-state index in [9.17, 15) is 0 Å². The second-order valence-electron chi connectivity index (χ2n) is 6.52. The summed E-state index contributed by atoms with van der Waals surface area (Å²) in [6, 6.07) is 17.8. The lowest BCUT2D eigenvalue weighted by Crippen LogP contribution is -2.36. The second-order valence-corrected chi connectivity index (χ2v) is 6.52. The van der Waals surface area contributed by atoms with E-state index < -0.39 is 0 Å². The Balaban J connectivity index is 1.23. The smallest absolute Gasteiger partial charge is 0.120 e. The molecule has 5 nitrogen and oxygen atoms in total. The van der Waals surface area contributed by atoms with Crippen LogP contribution >= 0.6 is 0 Å². The van der Waals surface area contributed by atoms with E-state index in [1.54, 1.807) is 0 Å². The summed E-state index contributed by atoms with van der Waals surface area (Å²) < 4.78 is 22.7. The topological polar surface area (TPSA) is 49.0 Å². The van der Waals surface area contributed by atoms with Crippen LogP contribution in [0.4, 0.5) is 0 Å². The molecule has 0 bridgehead atoms. The van der Waals surface area contributed by atoms with Crippen molar-refractivity contribution in [1.82, 2.24) is 5.32 Å². The van der Waals surface area contributed by atoms with Crippen molar-refractivity contribution in [2.75, 3.05) is 33.0 Å². The Bertz CT molecular complexity index is 627. The predicted molar refractivity (Wildman–Crippen MR) is 105 cm³/mol. The van der Waals surface area contributed by atoms with Crippen LogP contribution < -0.4 is 14.8 Å². The molecule has 1 aliphatic rings. The Morgan fingerprint density at radius 1 is 0.852 bits per heavy atom. The van der Waals surface area contributed by atoms with Crippen molar-refractivity contribution in [1.29, 1.82) is 0 Å². The van der Waals surface area contributed by atoms with Crippen LogP contribution in [0.3, 0.4) is 0 Å². The van der Waals surface area contributed by atoms with Crippen LogP contribution in [0.25, 0.3) is 0 Å². The fourth-order valence-corrected chi connectivity index (χ4v) is 2.89. The monoisotopic (exact) mass is 371 g/mol. The molecule has 0 spiro atoms. The molecule has 1 heterocycles. The van der Waals surface area contributed by atoms with Crippen molar-refractivity contribution < 1.29 is 18.9 Å². The van der Waals surface area contributed by atoms with Crippen molar-refractivity contribution in [3.05, 3.63) is 60.2 Å². The molecule has 1 fully saturated rings. The van der Waals surface area contributed by atoms with E-state index >= 15 is 0 Å². The van der Waals surface area contributed by atoms with Crippen molar-refractivity contribution in [2.45, 2.75) is 32.1 Å². The minimum atomic E-state index is 0.196. The first-order valence-corrected chi connectivity index (χ1v) is 9.72. The molecule has 5 heteroatoms. The molecule has 0 saturated carbocycles. The van der Waals surface area contributed by atoms with Gasteiger partial charge in [-0.3, -0.25) is 5.32 Å². The summed E-state index contributed by atoms with van der Waals surface area (Å²) in [5.41, 5.74) is 1.15. The minimum absolute atomic E-state index is 0.196. The zero-order valence-electron chi connectivity index (χ0n) is 15.8. The van der Waals surface area contributed by atoms with Gasteiger partial charge in [-0.15, -0.1) is 0 Å². The highest BCUT2D eigenvalue weighted by molar-refractivity contribution is 5.31. The highest BCUT2D eigenvalue weighted by Gasteiger charge is 2.11. The van der Waals surface area contributed by atoms with E-state index in [4.69, 9.17) is 18.9 Å². The first kappa shape index (κ1) is 19.7. The Labute approximate surface area is 161 Å². The molecule has 1 saturated heterocycles. The molecule has 146 valence electrons. The molecule has 2 aromatic rings. The third kappa shape index (κ3) is 7.59. The van der Waals surface area contributed by atoms with E-state index in [1.807, 2.05) is 42.5 Å². The average molecular weight is 371 g/mol. The number of hydrogen-bond donors (Lipinski definition) is 1. The van der Waals surface area contributed by atoms with Crippen LogP contribution in [0.2, 0.25) is 0 Å². The molecular formula is C22H29NO4. The van der Waals surface area contributed by atoms with E-state index in [0.717, 1.165) is 36.6 Å². The van der Waals surface area contributed by atoms with Gasteiger partial charge < -0.3 is 18.9 Å². The first-order chi connectivity index (χ1) is 13.4. The van der Waals surface area contributed by atoms with Gasteiger partial charge in [-0.1, -0.05) is 30.3 Å². The highest BCUT2D eigenvalue weighted by Crippen LogP contribution is 2.18. The number of hydrogen-bond acceptors (Lipinski definition) is 5. The molecule has 1 unspecified atom stereocenters. The van der Waals surface area contributed by atoms with Gasteiger partial charge in [-0.05, 0) is 49.1 Å². The number of ether oxygens (including phenoxy) is 4. The first-order valence-electron chi connectivity index (χ1n) is 9.72. The third-order valence-corrected chi connectivity index (χ3v) is 4.37. The zero-order chi connectivity index (χ0) is 18.6. The average Bonchev–Trinajstić information content (AvgIpc) is 2.74. The maximum absolute atomic E-state index is 5.77. The van der Waals surface area contributed by atoms with Crippen LogP contribution in [0.15, 0.2) is 54.6 Å². The van der Waals surface area contributed by atoms with Gasteiger partial charge in [0.05, 0.1) is 13.2 Å². The lowest BCUT2D eigenvalue weighted by Gasteiger charge is -2.23. The Kier molecular flexibility index (Phi) is 8.45. The quantitative estimate of drug-likeness (QED) is 0.609. The van der Waals surface area contributed by atoms with Gasteiger partial charge in [0, 0.05) is 13.2 Å². The van der Waals surface area contributed by atoms with E-state index in [0.29, 0.717) is 26.4 Å². The van der Waals surface area contributed by atoms with Gasteiger partial charge in [0.15, 0.2) is 0 Å². The molecular weight excluding hydrogens is 342 g/mol. The number of nitrogens with one attached hydrogen (secondary N) is 1. The van der Waals surface area contributed by atoms with Crippen molar-refractivity contribution >= 4 is 0 Å². The number of benzene rings is 2. The van der Waals surface area contributed by atoms with E-state index in [-0.39, 0.29) is 6.23 Å². The Morgan fingerprint density at radius 3 is 2.37 bits per heavy atom. The summed E-state index contributed by atoms with van der Waals surface area (Å²) in [7, 11) is 0. The van der Waals surface area contributed by atoms with Crippen LogP contribution in [0, 0.1) is 0 Å². The van der Waals surface area contributed by atoms with Gasteiger partial charge >= 0.3 is 0 Å². The summed E-state index contributed by atoms with van der Waals surface area (Å²) >= 11 is 0. The van der Waals surface area contributed by atoms with Crippen molar-refractivity contribution in [2.24, 2.45) is 0 Å². The maximum Gasteiger partial charge on any atom is 0.120 e. The molecule has 0 amide bonds. The minimum Gasteiger partial charge on any atom is -0.491 e. The molecule has 27 heavy (non-hydrogen) atoms. The van der Waals surface area contributed by atoms with Crippen LogP contribution in [0.1, 0.15) is 24.8 Å². The summed E-state index contributed by atoms with van der Waals surface area (Å²) in [6.45, 7) is 3.99. The molecule has 3 rings (SSSR count). The molecule has 0 aliphatic carbocycles. The van der Waals surface area contributed by atoms with Gasteiger partial charge in [0.1, 0.15) is 30.9 Å². The summed E-state index contributed by atoms with van der Waals surface area (Å²) in [5, 5.41) is 3.36. The summed E-state index contributed by atoms with van der Waals surface area (Å²) in [4.78, 5) is 0. The molecule has 1 N–H and O–H groups in total.